The molecule has 4 rings (SSSR count). The van der Waals surface area contributed by atoms with Crippen molar-refractivity contribution in [3.63, 3.8) is 0 Å². The maximum absolute atomic E-state index is 12.5. The fraction of sp³-hybridized carbons (Fsp3) is 0.714. The molecule has 0 spiro atoms. The first kappa shape index (κ1) is 19.6. The van der Waals surface area contributed by atoms with E-state index in [1.807, 2.05) is 6.08 Å². The van der Waals surface area contributed by atoms with Gasteiger partial charge >= 0.3 is 0 Å². The van der Waals surface area contributed by atoms with Crippen molar-refractivity contribution in [2.45, 2.75) is 56.0 Å². The lowest BCUT2D eigenvalue weighted by molar-refractivity contribution is -0.127. The van der Waals surface area contributed by atoms with Crippen LogP contribution in [0.25, 0.3) is 0 Å². The molecule has 0 heterocycles. The van der Waals surface area contributed by atoms with E-state index in [0.29, 0.717) is 22.7 Å². The third-order valence-corrected chi connectivity index (χ3v) is 9.65. The number of ketones is 2. The molecule has 0 aliphatic heterocycles. The second-order valence-corrected chi connectivity index (χ2v) is 11.4. The SMILES string of the molecule is C[C@]12CC(I)C(=O)C=C1CC[C@@H]1[C@@H]2[C@H](O)C[C@]2(C)C(C(=O)CI)=CC[C@@H]12. The number of rotatable bonds is 2. The van der Waals surface area contributed by atoms with Crippen molar-refractivity contribution in [2.24, 2.45) is 28.6 Å². The Morgan fingerprint density at radius 3 is 2.73 bits per heavy atom. The Morgan fingerprint density at radius 1 is 1.31 bits per heavy atom. The number of halogens is 2. The van der Waals surface area contributed by atoms with E-state index in [-0.39, 0.29) is 32.2 Å². The molecule has 0 aromatic rings. The van der Waals surface area contributed by atoms with Crippen molar-refractivity contribution in [1.29, 1.82) is 0 Å². The molecule has 0 aromatic heterocycles. The van der Waals surface area contributed by atoms with Crippen molar-refractivity contribution >= 4 is 56.7 Å². The quantitative estimate of drug-likeness (QED) is 0.389. The molecule has 0 saturated heterocycles. The van der Waals surface area contributed by atoms with Crippen LogP contribution in [0, 0.1) is 28.6 Å². The van der Waals surface area contributed by atoms with Crippen LogP contribution in [0.2, 0.25) is 0 Å². The van der Waals surface area contributed by atoms with Crippen LogP contribution in [0.3, 0.4) is 0 Å². The molecule has 26 heavy (non-hydrogen) atoms. The van der Waals surface area contributed by atoms with Crippen LogP contribution in [-0.2, 0) is 9.59 Å². The molecule has 7 atom stereocenters. The summed E-state index contributed by atoms with van der Waals surface area (Å²) < 4.78 is 0.526. The zero-order valence-corrected chi connectivity index (χ0v) is 19.6. The molecule has 2 saturated carbocycles. The van der Waals surface area contributed by atoms with E-state index in [2.05, 4.69) is 65.1 Å². The van der Waals surface area contributed by atoms with E-state index in [4.69, 9.17) is 0 Å². The zero-order valence-electron chi connectivity index (χ0n) is 15.3. The number of Topliss-reactive ketones (excluding diaryl/α,β-unsaturated/α-hetero) is 1. The number of carbonyl (C=O) groups is 2. The molecule has 0 bridgehead atoms. The summed E-state index contributed by atoms with van der Waals surface area (Å²) in [4.78, 5) is 24.7. The molecule has 1 N–H and O–H groups in total. The highest BCUT2D eigenvalue weighted by Crippen LogP contribution is 2.65. The van der Waals surface area contributed by atoms with E-state index < -0.39 is 6.10 Å². The highest BCUT2D eigenvalue weighted by molar-refractivity contribution is 14.1. The lowest BCUT2D eigenvalue weighted by Crippen LogP contribution is -2.57. The molecular formula is C21H26I2O3. The molecule has 0 aromatic carbocycles. The van der Waals surface area contributed by atoms with Gasteiger partial charge in [0, 0.05) is 5.41 Å². The Labute approximate surface area is 182 Å². The predicted molar refractivity (Wildman–Crippen MR) is 119 cm³/mol. The number of allylic oxidation sites excluding steroid dienone is 4. The Morgan fingerprint density at radius 2 is 2.04 bits per heavy atom. The molecular weight excluding hydrogens is 554 g/mol. The van der Waals surface area contributed by atoms with Crippen LogP contribution in [-0.4, -0.2) is 31.1 Å². The van der Waals surface area contributed by atoms with Crippen LogP contribution in [0.5, 0.6) is 0 Å². The summed E-state index contributed by atoms with van der Waals surface area (Å²) in [6.07, 6.45) is 8.11. The highest BCUT2D eigenvalue weighted by atomic mass is 127. The van der Waals surface area contributed by atoms with Gasteiger partial charge in [-0.25, -0.2) is 0 Å². The maximum Gasteiger partial charge on any atom is 0.168 e. The van der Waals surface area contributed by atoms with Gasteiger partial charge < -0.3 is 5.11 Å². The zero-order chi connectivity index (χ0) is 18.9. The van der Waals surface area contributed by atoms with Gasteiger partial charge in [-0.05, 0) is 66.9 Å². The Balaban J connectivity index is 1.72. The lowest BCUT2D eigenvalue weighted by Gasteiger charge is -2.59. The fourth-order valence-electron chi connectivity index (χ4n) is 6.79. The number of hydrogen-bond donors (Lipinski definition) is 1. The van der Waals surface area contributed by atoms with Gasteiger partial charge in [0.2, 0.25) is 0 Å². The van der Waals surface area contributed by atoms with Crippen LogP contribution in [0.4, 0.5) is 0 Å². The van der Waals surface area contributed by atoms with E-state index >= 15 is 0 Å². The maximum atomic E-state index is 12.5. The first-order valence-corrected chi connectivity index (χ1v) is 12.4. The van der Waals surface area contributed by atoms with Gasteiger partial charge in [0.05, 0.1) is 14.5 Å². The fourth-order valence-corrected chi connectivity index (χ4v) is 8.29. The van der Waals surface area contributed by atoms with Crippen molar-refractivity contribution in [1.82, 2.24) is 0 Å². The minimum Gasteiger partial charge on any atom is -0.393 e. The van der Waals surface area contributed by atoms with Crippen molar-refractivity contribution in [3.8, 4) is 0 Å². The summed E-state index contributed by atoms with van der Waals surface area (Å²) in [5.74, 6) is 1.55. The summed E-state index contributed by atoms with van der Waals surface area (Å²) in [5, 5.41) is 11.3. The molecule has 4 aliphatic carbocycles. The molecule has 5 heteroatoms. The Hall–Kier alpha value is 0.240. The third-order valence-electron chi connectivity index (χ3n) is 7.90. The van der Waals surface area contributed by atoms with Gasteiger partial charge in [0.1, 0.15) is 0 Å². The van der Waals surface area contributed by atoms with E-state index in [1.54, 1.807) is 0 Å². The highest BCUT2D eigenvalue weighted by Gasteiger charge is 2.61. The number of aliphatic hydroxyl groups excluding tert-OH is 1. The standard InChI is InChI=1S/C21H26I2O3/c1-20-8-15(23)16(24)7-11(20)3-4-12-13-5-6-14(18(26)10-22)21(13,2)9-17(25)19(12)20/h6-7,12-13,15,17,19,25H,3-5,8-10H2,1-2H3/t12-,13-,15?,17+,19+,20-,21-/m0/s1. The normalized spacial score (nSPS) is 47.4. The van der Waals surface area contributed by atoms with Gasteiger partial charge in [0.15, 0.2) is 11.6 Å². The summed E-state index contributed by atoms with van der Waals surface area (Å²) in [7, 11) is 0. The summed E-state index contributed by atoms with van der Waals surface area (Å²) in [6.45, 7) is 4.48. The first-order valence-electron chi connectivity index (χ1n) is 9.59. The largest absolute Gasteiger partial charge is 0.393 e. The summed E-state index contributed by atoms with van der Waals surface area (Å²) >= 11 is 4.42. The van der Waals surface area contributed by atoms with Crippen LogP contribution >= 0.6 is 45.2 Å². The number of alkyl halides is 2. The molecule has 0 radical (unpaired) electrons. The van der Waals surface area contributed by atoms with Gasteiger partial charge in [-0.15, -0.1) is 0 Å². The smallest absolute Gasteiger partial charge is 0.168 e. The number of fused-ring (bicyclic) bond motifs is 5. The van der Waals surface area contributed by atoms with Gasteiger partial charge in [-0.1, -0.05) is 70.7 Å². The Bertz CT molecular complexity index is 727. The molecule has 142 valence electrons. The van der Waals surface area contributed by atoms with E-state index in [1.165, 1.54) is 5.57 Å². The average Bonchev–Trinajstić information content (AvgIpc) is 2.91. The number of aliphatic hydroxyl groups is 1. The Kier molecular flexibility index (Phi) is 5.00. The van der Waals surface area contributed by atoms with Crippen LogP contribution in [0.1, 0.15) is 46.0 Å². The van der Waals surface area contributed by atoms with Gasteiger partial charge in [0.25, 0.3) is 0 Å². The molecule has 4 aliphatic rings. The number of carbonyl (C=O) groups excluding carboxylic acids is 2. The first-order chi connectivity index (χ1) is 12.2. The van der Waals surface area contributed by atoms with Crippen LogP contribution < -0.4 is 0 Å². The third kappa shape index (κ3) is 2.65. The minimum atomic E-state index is -0.407. The predicted octanol–water partition coefficient (Wildman–Crippen LogP) is 4.44. The second kappa shape index (κ2) is 6.65. The topological polar surface area (TPSA) is 54.4 Å². The summed E-state index contributed by atoms with van der Waals surface area (Å²) in [5.41, 5.74) is 1.95. The van der Waals surface area contributed by atoms with Gasteiger partial charge in [-0.2, -0.15) is 0 Å². The van der Waals surface area contributed by atoms with Crippen LogP contribution in [0.15, 0.2) is 23.3 Å². The second-order valence-electron chi connectivity index (χ2n) is 9.10. The van der Waals surface area contributed by atoms with E-state index in [9.17, 15) is 14.7 Å². The van der Waals surface area contributed by atoms with Crippen molar-refractivity contribution < 1.29 is 14.7 Å². The summed E-state index contributed by atoms with van der Waals surface area (Å²) in [6, 6.07) is 0. The lowest BCUT2D eigenvalue weighted by atomic mass is 9.46. The van der Waals surface area contributed by atoms with Gasteiger partial charge in [-0.3, -0.25) is 9.59 Å². The number of hydrogen-bond acceptors (Lipinski definition) is 3. The van der Waals surface area contributed by atoms with E-state index in [0.717, 1.165) is 31.3 Å². The average molecular weight is 580 g/mol. The minimum absolute atomic E-state index is 0.0125. The monoisotopic (exact) mass is 580 g/mol. The molecule has 3 nitrogen and oxygen atoms in total. The van der Waals surface area contributed by atoms with Crippen molar-refractivity contribution in [2.75, 3.05) is 4.43 Å². The van der Waals surface area contributed by atoms with Crippen molar-refractivity contribution in [3.05, 3.63) is 23.3 Å². The molecule has 1 unspecified atom stereocenters. The molecule has 2 fully saturated rings. The molecule has 0 amide bonds.